The second-order valence-corrected chi connectivity index (χ2v) is 7.57. The number of anilines is 1. The van der Waals surface area contributed by atoms with Crippen molar-refractivity contribution in [2.45, 2.75) is 26.3 Å². The van der Waals surface area contributed by atoms with Crippen molar-refractivity contribution in [3.05, 3.63) is 81.8 Å². The average Bonchev–Trinajstić information content (AvgIpc) is 3.32. The lowest BCUT2D eigenvalue weighted by atomic mass is 10.1. The van der Waals surface area contributed by atoms with Crippen LogP contribution in [-0.4, -0.2) is 33.3 Å². The minimum absolute atomic E-state index is 0.241. The highest BCUT2D eigenvalue weighted by Gasteiger charge is 2.19. The molecule has 2 heterocycles. The number of amides is 1. The van der Waals surface area contributed by atoms with Gasteiger partial charge < -0.3 is 5.32 Å². The third-order valence-electron chi connectivity index (χ3n) is 5.61. The van der Waals surface area contributed by atoms with Gasteiger partial charge in [-0.25, -0.2) is 4.68 Å². The lowest BCUT2D eigenvalue weighted by Gasteiger charge is -2.14. The molecular formula is C23H26N4O2. The number of carbonyl (C=O) groups is 1. The van der Waals surface area contributed by atoms with Crippen LogP contribution in [0.3, 0.4) is 0 Å². The van der Waals surface area contributed by atoms with E-state index < -0.39 is 0 Å². The van der Waals surface area contributed by atoms with Crippen LogP contribution in [0.2, 0.25) is 0 Å². The van der Waals surface area contributed by atoms with Gasteiger partial charge in [-0.1, -0.05) is 30.3 Å². The Bertz CT molecular complexity index is 1060. The molecule has 2 aromatic carbocycles. The van der Waals surface area contributed by atoms with E-state index in [4.69, 9.17) is 0 Å². The molecule has 0 atom stereocenters. The van der Waals surface area contributed by atoms with E-state index in [0.717, 1.165) is 25.3 Å². The van der Waals surface area contributed by atoms with Crippen molar-refractivity contribution in [2.24, 2.45) is 7.05 Å². The zero-order valence-electron chi connectivity index (χ0n) is 16.9. The Hall–Kier alpha value is -3.12. The second-order valence-electron chi connectivity index (χ2n) is 7.57. The number of aromatic nitrogens is 2. The zero-order chi connectivity index (χ0) is 20.4. The van der Waals surface area contributed by atoms with Gasteiger partial charge in [0.2, 0.25) is 0 Å². The molecule has 1 aliphatic rings. The number of para-hydroxylation sites is 1. The molecular weight excluding hydrogens is 364 g/mol. The number of carbonyl (C=O) groups excluding carboxylic acids is 1. The lowest BCUT2D eigenvalue weighted by Crippen LogP contribution is -2.23. The van der Waals surface area contributed by atoms with Crippen LogP contribution < -0.4 is 10.9 Å². The predicted molar refractivity (Wildman–Crippen MR) is 115 cm³/mol. The van der Waals surface area contributed by atoms with Crippen molar-refractivity contribution in [3.8, 4) is 5.69 Å². The molecule has 4 rings (SSSR count). The number of nitrogens with one attached hydrogen (secondary N) is 1. The Balaban J connectivity index is 1.53. The molecule has 6 heteroatoms. The summed E-state index contributed by atoms with van der Waals surface area (Å²) in [4.78, 5) is 28.1. The number of rotatable bonds is 5. The van der Waals surface area contributed by atoms with Gasteiger partial charge in [-0.3, -0.25) is 19.2 Å². The van der Waals surface area contributed by atoms with E-state index in [1.807, 2.05) is 68.6 Å². The van der Waals surface area contributed by atoms with Crippen molar-refractivity contribution in [3.63, 3.8) is 0 Å². The third-order valence-corrected chi connectivity index (χ3v) is 5.61. The molecule has 1 aliphatic heterocycles. The molecule has 0 radical (unpaired) electrons. The standard InChI is InChI=1S/C23H26N4O2/c1-17-21(23(29)27(25(17)2)20-8-4-3-5-9-20)24-22(28)19-12-10-18(11-13-19)16-26-14-6-7-15-26/h3-5,8-13H,6-7,14-16H2,1-2H3,(H,24,28). The van der Waals surface area contributed by atoms with Crippen molar-refractivity contribution in [1.82, 2.24) is 14.3 Å². The van der Waals surface area contributed by atoms with E-state index in [9.17, 15) is 9.59 Å². The number of hydrogen-bond acceptors (Lipinski definition) is 3. The van der Waals surface area contributed by atoms with Crippen LogP contribution in [0.5, 0.6) is 0 Å². The molecule has 3 aromatic rings. The van der Waals surface area contributed by atoms with Crippen LogP contribution >= 0.6 is 0 Å². The Morgan fingerprint density at radius 1 is 1.00 bits per heavy atom. The Kier molecular flexibility index (Phi) is 5.36. The molecule has 1 amide bonds. The first kappa shape index (κ1) is 19.2. The van der Waals surface area contributed by atoms with E-state index in [1.54, 1.807) is 9.36 Å². The van der Waals surface area contributed by atoms with E-state index in [1.165, 1.54) is 18.4 Å². The van der Waals surface area contributed by atoms with Crippen molar-refractivity contribution >= 4 is 11.6 Å². The van der Waals surface area contributed by atoms with Gasteiger partial charge in [-0.2, -0.15) is 0 Å². The van der Waals surface area contributed by atoms with Crippen LogP contribution in [0.15, 0.2) is 59.4 Å². The molecule has 1 saturated heterocycles. The monoisotopic (exact) mass is 390 g/mol. The smallest absolute Gasteiger partial charge is 0.295 e. The number of hydrogen-bond donors (Lipinski definition) is 1. The molecule has 0 bridgehead atoms. The van der Waals surface area contributed by atoms with Gasteiger partial charge in [0, 0.05) is 19.2 Å². The molecule has 0 saturated carbocycles. The highest BCUT2D eigenvalue weighted by Crippen LogP contribution is 2.17. The summed E-state index contributed by atoms with van der Waals surface area (Å²) in [7, 11) is 1.81. The summed E-state index contributed by atoms with van der Waals surface area (Å²) in [5.41, 5.74) is 3.28. The van der Waals surface area contributed by atoms with Gasteiger partial charge in [-0.05, 0) is 62.7 Å². The van der Waals surface area contributed by atoms with Crippen LogP contribution in [0, 0.1) is 6.92 Å². The minimum Gasteiger partial charge on any atom is -0.316 e. The first-order chi connectivity index (χ1) is 14.0. The van der Waals surface area contributed by atoms with Gasteiger partial charge in [0.25, 0.3) is 11.5 Å². The summed E-state index contributed by atoms with van der Waals surface area (Å²) in [6.45, 7) is 5.03. The van der Waals surface area contributed by atoms with E-state index in [0.29, 0.717) is 16.9 Å². The lowest BCUT2D eigenvalue weighted by molar-refractivity contribution is 0.102. The minimum atomic E-state index is -0.274. The van der Waals surface area contributed by atoms with Crippen LogP contribution in [0.25, 0.3) is 5.69 Å². The summed E-state index contributed by atoms with van der Waals surface area (Å²) >= 11 is 0. The molecule has 1 N–H and O–H groups in total. The quantitative estimate of drug-likeness (QED) is 0.727. The topological polar surface area (TPSA) is 59.3 Å². The molecule has 1 fully saturated rings. The number of likely N-dealkylation sites (tertiary alicyclic amines) is 1. The molecule has 0 spiro atoms. The third kappa shape index (κ3) is 3.89. The Morgan fingerprint density at radius 3 is 2.31 bits per heavy atom. The fraction of sp³-hybridized carbons (Fsp3) is 0.304. The van der Waals surface area contributed by atoms with E-state index >= 15 is 0 Å². The molecule has 0 aliphatic carbocycles. The maximum absolute atomic E-state index is 12.9. The molecule has 150 valence electrons. The van der Waals surface area contributed by atoms with Gasteiger partial charge in [-0.15, -0.1) is 0 Å². The highest BCUT2D eigenvalue weighted by atomic mass is 16.2. The Morgan fingerprint density at radius 2 is 1.66 bits per heavy atom. The average molecular weight is 390 g/mol. The molecule has 1 aromatic heterocycles. The zero-order valence-corrected chi connectivity index (χ0v) is 16.9. The van der Waals surface area contributed by atoms with Gasteiger partial charge in [0.1, 0.15) is 5.69 Å². The second kappa shape index (κ2) is 8.09. The maximum Gasteiger partial charge on any atom is 0.295 e. The summed E-state index contributed by atoms with van der Waals surface area (Å²) < 4.78 is 3.32. The van der Waals surface area contributed by atoms with Gasteiger partial charge >= 0.3 is 0 Å². The Labute approximate surface area is 170 Å². The summed E-state index contributed by atoms with van der Waals surface area (Å²) in [5.74, 6) is -0.274. The van der Waals surface area contributed by atoms with Crippen molar-refractivity contribution < 1.29 is 4.79 Å². The number of nitrogens with zero attached hydrogens (tertiary/aromatic N) is 3. The SMILES string of the molecule is Cc1c(NC(=O)c2ccc(CN3CCCC3)cc2)c(=O)n(-c2ccccc2)n1C. The summed E-state index contributed by atoms with van der Waals surface area (Å²) in [5, 5.41) is 2.81. The first-order valence-electron chi connectivity index (χ1n) is 10.0. The largest absolute Gasteiger partial charge is 0.316 e. The van der Waals surface area contributed by atoms with E-state index in [2.05, 4.69) is 10.2 Å². The fourth-order valence-corrected chi connectivity index (χ4v) is 3.86. The van der Waals surface area contributed by atoms with E-state index in [-0.39, 0.29) is 11.5 Å². The molecule has 0 unspecified atom stereocenters. The van der Waals surface area contributed by atoms with Gasteiger partial charge in [0.05, 0.1) is 11.4 Å². The maximum atomic E-state index is 12.9. The van der Waals surface area contributed by atoms with Gasteiger partial charge in [0.15, 0.2) is 0 Å². The van der Waals surface area contributed by atoms with Crippen molar-refractivity contribution in [1.29, 1.82) is 0 Å². The van der Waals surface area contributed by atoms with Crippen LogP contribution in [0.1, 0.15) is 34.5 Å². The number of benzene rings is 2. The highest BCUT2D eigenvalue weighted by molar-refractivity contribution is 6.04. The molecule has 29 heavy (non-hydrogen) atoms. The predicted octanol–water partition coefficient (Wildman–Crippen LogP) is 3.33. The molecule has 6 nitrogen and oxygen atoms in total. The fourth-order valence-electron chi connectivity index (χ4n) is 3.86. The van der Waals surface area contributed by atoms with Crippen molar-refractivity contribution in [2.75, 3.05) is 18.4 Å². The van der Waals surface area contributed by atoms with Crippen LogP contribution in [0.4, 0.5) is 5.69 Å². The van der Waals surface area contributed by atoms with Crippen LogP contribution in [-0.2, 0) is 13.6 Å². The summed E-state index contributed by atoms with van der Waals surface area (Å²) in [6.07, 6.45) is 2.52. The first-order valence-corrected chi connectivity index (χ1v) is 10.0. The summed E-state index contributed by atoms with van der Waals surface area (Å²) in [6, 6.07) is 17.0. The normalized spacial score (nSPS) is 14.3.